The molecule has 0 aliphatic carbocycles. The van der Waals surface area contributed by atoms with Gasteiger partial charge in [0.05, 0.1) is 0 Å². The number of rotatable bonds is 0. The third-order valence-electron chi connectivity index (χ3n) is 1.80. The van der Waals surface area contributed by atoms with Gasteiger partial charge in [0.1, 0.15) is 11.6 Å². The molecule has 0 saturated heterocycles. The zero-order valence-corrected chi connectivity index (χ0v) is 7.28. The van der Waals surface area contributed by atoms with Crippen molar-refractivity contribution in [3.05, 3.63) is 28.9 Å². The fourth-order valence-electron chi connectivity index (χ4n) is 1.26. The summed E-state index contributed by atoms with van der Waals surface area (Å²) in [6.07, 6.45) is 0. The number of hydrogen-bond donors (Lipinski definition) is 1. The van der Waals surface area contributed by atoms with Gasteiger partial charge in [0.15, 0.2) is 0 Å². The van der Waals surface area contributed by atoms with Crippen LogP contribution in [0.3, 0.4) is 0 Å². The predicted molar refractivity (Wildman–Crippen MR) is 48.2 cm³/mol. The van der Waals surface area contributed by atoms with E-state index in [-0.39, 0.29) is 11.6 Å². The number of aryl methyl sites for hydroxylation is 1. The summed E-state index contributed by atoms with van der Waals surface area (Å²) in [7, 11) is 0. The largest absolute Gasteiger partial charge is 0.508 e. The van der Waals surface area contributed by atoms with Crippen molar-refractivity contribution in [2.45, 2.75) is 6.92 Å². The van der Waals surface area contributed by atoms with Crippen LogP contribution >= 0.6 is 11.3 Å². The van der Waals surface area contributed by atoms with Crippen LogP contribution in [0.1, 0.15) is 5.56 Å². The van der Waals surface area contributed by atoms with E-state index in [9.17, 15) is 9.50 Å². The first-order valence-corrected chi connectivity index (χ1v) is 4.43. The number of fused-ring (bicyclic) bond motifs is 1. The van der Waals surface area contributed by atoms with E-state index in [1.165, 1.54) is 22.8 Å². The summed E-state index contributed by atoms with van der Waals surface area (Å²) in [4.78, 5) is 0. The van der Waals surface area contributed by atoms with E-state index in [2.05, 4.69) is 0 Å². The van der Waals surface area contributed by atoms with Crippen LogP contribution in [0.25, 0.3) is 10.1 Å². The van der Waals surface area contributed by atoms with Gasteiger partial charge in [-0.05, 0) is 24.6 Å². The van der Waals surface area contributed by atoms with Crippen LogP contribution in [0.15, 0.2) is 17.5 Å². The molecular weight excluding hydrogens is 175 g/mol. The molecule has 0 bridgehead atoms. The van der Waals surface area contributed by atoms with Gasteiger partial charge in [-0.3, -0.25) is 0 Å². The molecule has 0 saturated carbocycles. The summed E-state index contributed by atoms with van der Waals surface area (Å²) in [5.74, 6) is -0.133. The molecule has 0 atom stereocenters. The zero-order chi connectivity index (χ0) is 8.72. The fourth-order valence-corrected chi connectivity index (χ4v) is 2.14. The van der Waals surface area contributed by atoms with Crippen molar-refractivity contribution in [2.75, 3.05) is 0 Å². The highest BCUT2D eigenvalue weighted by molar-refractivity contribution is 7.17. The minimum Gasteiger partial charge on any atom is -0.508 e. The maximum atomic E-state index is 13.0. The lowest BCUT2D eigenvalue weighted by atomic mass is 10.2. The van der Waals surface area contributed by atoms with Gasteiger partial charge in [0.25, 0.3) is 0 Å². The van der Waals surface area contributed by atoms with Gasteiger partial charge in [-0.15, -0.1) is 11.3 Å². The Morgan fingerprint density at radius 3 is 2.92 bits per heavy atom. The highest BCUT2D eigenvalue weighted by Crippen LogP contribution is 2.30. The predicted octanol–water partition coefficient (Wildman–Crippen LogP) is 3.05. The molecule has 12 heavy (non-hydrogen) atoms. The molecule has 0 aliphatic rings. The molecule has 0 amide bonds. The van der Waals surface area contributed by atoms with Crippen LogP contribution in [0, 0.1) is 12.7 Å². The lowest BCUT2D eigenvalue weighted by Gasteiger charge is -1.96. The maximum absolute atomic E-state index is 13.0. The maximum Gasteiger partial charge on any atom is 0.141 e. The minimum absolute atomic E-state index is 0.123. The summed E-state index contributed by atoms with van der Waals surface area (Å²) < 4.78 is 13.9. The average molecular weight is 182 g/mol. The zero-order valence-electron chi connectivity index (χ0n) is 6.47. The van der Waals surface area contributed by atoms with Crippen LogP contribution < -0.4 is 0 Å². The number of halogens is 1. The molecule has 0 unspecified atom stereocenters. The Bertz CT molecular complexity index is 433. The molecule has 1 nitrogen and oxygen atoms in total. The normalized spacial score (nSPS) is 10.8. The second kappa shape index (κ2) is 2.45. The monoisotopic (exact) mass is 182 g/mol. The van der Waals surface area contributed by atoms with Crippen molar-refractivity contribution in [2.24, 2.45) is 0 Å². The van der Waals surface area contributed by atoms with Gasteiger partial charge < -0.3 is 5.11 Å². The van der Waals surface area contributed by atoms with E-state index in [0.29, 0.717) is 5.39 Å². The summed E-state index contributed by atoms with van der Waals surface area (Å²) >= 11 is 1.36. The molecule has 1 heterocycles. The van der Waals surface area contributed by atoms with Gasteiger partial charge in [-0.2, -0.15) is 0 Å². The third-order valence-corrected chi connectivity index (χ3v) is 2.90. The number of hydrogen-bond acceptors (Lipinski definition) is 2. The summed E-state index contributed by atoms with van der Waals surface area (Å²) in [6, 6.07) is 3.09. The summed E-state index contributed by atoms with van der Waals surface area (Å²) in [6.45, 7) is 1.86. The molecule has 0 radical (unpaired) electrons. The van der Waals surface area contributed by atoms with E-state index in [0.717, 1.165) is 10.3 Å². The van der Waals surface area contributed by atoms with Crippen LogP contribution in [0.4, 0.5) is 4.39 Å². The van der Waals surface area contributed by atoms with E-state index < -0.39 is 0 Å². The molecule has 0 fully saturated rings. The van der Waals surface area contributed by atoms with Gasteiger partial charge in [-0.1, -0.05) is 0 Å². The third kappa shape index (κ3) is 0.975. The Kier molecular flexibility index (Phi) is 1.54. The second-order valence-corrected chi connectivity index (χ2v) is 3.60. The molecule has 1 N–H and O–H groups in total. The highest BCUT2D eigenvalue weighted by atomic mass is 32.1. The van der Waals surface area contributed by atoms with Crippen molar-refractivity contribution >= 4 is 21.4 Å². The van der Waals surface area contributed by atoms with Crippen LogP contribution in [0.5, 0.6) is 5.75 Å². The molecule has 1 aromatic heterocycles. The highest BCUT2D eigenvalue weighted by Gasteiger charge is 2.06. The number of phenolic OH excluding ortho intramolecular Hbond substituents is 1. The summed E-state index contributed by atoms with van der Waals surface area (Å²) in [5.41, 5.74) is 0.916. The number of benzene rings is 1. The van der Waals surface area contributed by atoms with Gasteiger partial charge >= 0.3 is 0 Å². The molecule has 0 spiro atoms. The molecule has 0 aliphatic heterocycles. The molecule has 2 aromatic rings. The quantitative estimate of drug-likeness (QED) is 0.663. The van der Waals surface area contributed by atoms with Gasteiger partial charge in [-0.25, -0.2) is 4.39 Å². The van der Waals surface area contributed by atoms with E-state index in [4.69, 9.17) is 0 Å². The van der Waals surface area contributed by atoms with Crippen LogP contribution in [0.2, 0.25) is 0 Å². The van der Waals surface area contributed by atoms with Gasteiger partial charge in [0, 0.05) is 15.5 Å². The van der Waals surface area contributed by atoms with Crippen LogP contribution in [-0.4, -0.2) is 5.11 Å². The Morgan fingerprint density at radius 1 is 1.42 bits per heavy atom. The SMILES string of the molecule is Cc1cc(O)cc2c(F)csc12. The molecule has 3 heteroatoms. The number of thiophene rings is 1. The van der Waals surface area contributed by atoms with Crippen molar-refractivity contribution in [3.8, 4) is 5.75 Å². The fraction of sp³-hybridized carbons (Fsp3) is 0.111. The smallest absolute Gasteiger partial charge is 0.141 e. The average Bonchev–Trinajstić information content (AvgIpc) is 2.33. The van der Waals surface area contributed by atoms with Crippen molar-refractivity contribution in [1.29, 1.82) is 0 Å². The first kappa shape index (κ1) is 7.55. The Balaban J connectivity index is 2.92. The standard InChI is InChI=1S/C9H7FOS/c1-5-2-6(11)3-7-8(10)4-12-9(5)7/h2-4,11H,1H3. The van der Waals surface area contributed by atoms with Crippen molar-refractivity contribution in [3.63, 3.8) is 0 Å². The molecular formula is C9H7FOS. The molecule has 2 rings (SSSR count). The number of phenols is 1. The first-order valence-electron chi connectivity index (χ1n) is 3.55. The first-order chi connectivity index (χ1) is 5.68. The van der Waals surface area contributed by atoms with E-state index in [1.807, 2.05) is 6.92 Å². The molecule has 62 valence electrons. The Hall–Kier alpha value is -1.09. The topological polar surface area (TPSA) is 20.2 Å². The number of aromatic hydroxyl groups is 1. The second-order valence-electron chi connectivity index (χ2n) is 2.72. The van der Waals surface area contributed by atoms with Gasteiger partial charge in [0.2, 0.25) is 0 Å². The summed E-state index contributed by atoms with van der Waals surface area (Å²) in [5, 5.41) is 11.2. The van der Waals surface area contributed by atoms with Crippen LogP contribution in [-0.2, 0) is 0 Å². The lowest BCUT2D eigenvalue weighted by molar-refractivity contribution is 0.475. The van der Waals surface area contributed by atoms with E-state index >= 15 is 0 Å². The Labute approximate surface area is 73.1 Å². The van der Waals surface area contributed by atoms with E-state index in [1.54, 1.807) is 6.07 Å². The van der Waals surface area contributed by atoms with Crippen molar-refractivity contribution in [1.82, 2.24) is 0 Å². The molecule has 1 aromatic carbocycles. The van der Waals surface area contributed by atoms with Crippen molar-refractivity contribution < 1.29 is 9.50 Å². The Morgan fingerprint density at radius 2 is 2.17 bits per heavy atom. The lowest BCUT2D eigenvalue weighted by Crippen LogP contribution is -1.74. The minimum atomic E-state index is -0.256.